The van der Waals surface area contributed by atoms with E-state index in [9.17, 15) is 8.42 Å². The molecular formula is C14H31N3O2S. The zero-order chi connectivity index (χ0) is 15.2. The SMILES string of the molecule is CC(C)NCCCS(=O)(=O)NCC1(N(C)C)CCCC1. The van der Waals surface area contributed by atoms with Crippen LogP contribution < -0.4 is 10.0 Å². The van der Waals surface area contributed by atoms with Crippen LogP contribution in [0.4, 0.5) is 0 Å². The highest BCUT2D eigenvalue weighted by Gasteiger charge is 2.36. The monoisotopic (exact) mass is 305 g/mol. The molecule has 0 heterocycles. The molecule has 1 aliphatic rings. The van der Waals surface area contributed by atoms with E-state index in [-0.39, 0.29) is 11.3 Å². The van der Waals surface area contributed by atoms with Crippen LogP contribution in [0.2, 0.25) is 0 Å². The molecule has 0 aromatic rings. The zero-order valence-corrected chi connectivity index (χ0v) is 14.2. The van der Waals surface area contributed by atoms with Gasteiger partial charge in [-0.15, -0.1) is 0 Å². The van der Waals surface area contributed by atoms with E-state index in [2.05, 4.69) is 28.8 Å². The van der Waals surface area contributed by atoms with Crippen LogP contribution in [0.5, 0.6) is 0 Å². The van der Waals surface area contributed by atoms with Gasteiger partial charge in [0, 0.05) is 18.1 Å². The highest BCUT2D eigenvalue weighted by molar-refractivity contribution is 7.89. The number of nitrogens with zero attached hydrogens (tertiary/aromatic N) is 1. The second-order valence-electron chi connectivity index (χ2n) is 6.43. The van der Waals surface area contributed by atoms with Crippen LogP contribution in [0, 0.1) is 0 Å². The molecule has 0 spiro atoms. The van der Waals surface area contributed by atoms with Gasteiger partial charge in [-0.1, -0.05) is 26.7 Å². The molecule has 1 fully saturated rings. The fourth-order valence-electron chi connectivity index (χ4n) is 2.78. The molecule has 2 N–H and O–H groups in total. The largest absolute Gasteiger partial charge is 0.314 e. The molecule has 0 amide bonds. The van der Waals surface area contributed by atoms with Crippen molar-refractivity contribution in [3.63, 3.8) is 0 Å². The van der Waals surface area contributed by atoms with Crippen molar-refractivity contribution in [1.29, 1.82) is 0 Å². The summed E-state index contributed by atoms with van der Waals surface area (Å²) in [6.07, 6.45) is 5.20. The second-order valence-corrected chi connectivity index (χ2v) is 8.35. The van der Waals surface area contributed by atoms with Gasteiger partial charge in [-0.25, -0.2) is 13.1 Å². The van der Waals surface area contributed by atoms with Crippen LogP contribution in [0.25, 0.3) is 0 Å². The molecule has 0 aromatic heterocycles. The average molecular weight is 305 g/mol. The van der Waals surface area contributed by atoms with E-state index >= 15 is 0 Å². The molecule has 20 heavy (non-hydrogen) atoms. The molecule has 1 rings (SSSR count). The Morgan fingerprint density at radius 3 is 2.30 bits per heavy atom. The summed E-state index contributed by atoms with van der Waals surface area (Å²) < 4.78 is 26.9. The summed E-state index contributed by atoms with van der Waals surface area (Å²) >= 11 is 0. The first-order valence-electron chi connectivity index (χ1n) is 7.66. The number of likely N-dealkylation sites (N-methyl/N-ethyl adjacent to an activating group) is 1. The Morgan fingerprint density at radius 1 is 1.20 bits per heavy atom. The summed E-state index contributed by atoms with van der Waals surface area (Å²) in [5.41, 5.74) is 0.0171. The molecular weight excluding hydrogens is 274 g/mol. The first-order chi connectivity index (χ1) is 9.27. The molecule has 0 aromatic carbocycles. The van der Waals surface area contributed by atoms with E-state index in [0.29, 0.717) is 19.0 Å². The maximum absolute atomic E-state index is 12.0. The Kier molecular flexibility index (Phi) is 6.91. The minimum atomic E-state index is -3.16. The van der Waals surface area contributed by atoms with E-state index in [1.807, 2.05) is 14.1 Å². The van der Waals surface area contributed by atoms with Gasteiger partial charge in [0.05, 0.1) is 5.75 Å². The van der Waals surface area contributed by atoms with Gasteiger partial charge in [0.15, 0.2) is 0 Å². The van der Waals surface area contributed by atoms with Crippen LogP contribution in [0.3, 0.4) is 0 Å². The van der Waals surface area contributed by atoms with Crippen molar-refractivity contribution in [3.8, 4) is 0 Å². The molecule has 0 unspecified atom stereocenters. The summed E-state index contributed by atoms with van der Waals surface area (Å²) in [5.74, 6) is 0.205. The lowest BCUT2D eigenvalue weighted by atomic mass is 9.97. The Bertz CT molecular complexity index is 374. The molecule has 1 aliphatic carbocycles. The molecule has 6 heteroatoms. The topological polar surface area (TPSA) is 61.4 Å². The van der Waals surface area contributed by atoms with Crippen LogP contribution in [0.15, 0.2) is 0 Å². The van der Waals surface area contributed by atoms with Crippen LogP contribution in [0.1, 0.15) is 46.0 Å². The van der Waals surface area contributed by atoms with Gasteiger partial charge in [-0.3, -0.25) is 0 Å². The summed E-state index contributed by atoms with van der Waals surface area (Å²) in [5, 5.41) is 3.24. The molecule has 0 radical (unpaired) electrons. The van der Waals surface area contributed by atoms with E-state index in [0.717, 1.165) is 19.4 Å². The number of hydrogen-bond donors (Lipinski definition) is 2. The van der Waals surface area contributed by atoms with E-state index in [4.69, 9.17) is 0 Å². The van der Waals surface area contributed by atoms with Crippen molar-refractivity contribution >= 4 is 10.0 Å². The molecule has 1 saturated carbocycles. The molecule has 120 valence electrons. The van der Waals surface area contributed by atoms with Gasteiger partial charge < -0.3 is 10.2 Å². The lowest BCUT2D eigenvalue weighted by molar-refractivity contribution is 0.162. The molecule has 0 bridgehead atoms. The first kappa shape index (κ1) is 17.9. The van der Waals surface area contributed by atoms with Gasteiger partial charge in [0.25, 0.3) is 0 Å². The smallest absolute Gasteiger partial charge is 0.211 e. The van der Waals surface area contributed by atoms with Crippen molar-refractivity contribution in [2.24, 2.45) is 0 Å². The maximum Gasteiger partial charge on any atom is 0.211 e. The third-order valence-corrected chi connectivity index (χ3v) is 5.66. The first-order valence-corrected chi connectivity index (χ1v) is 9.31. The lowest BCUT2D eigenvalue weighted by Crippen LogP contribution is -2.51. The fraction of sp³-hybridized carbons (Fsp3) is 1.00. The summed E-state index contributed by atoms with van der Waals surface area (Å²) in [4.78, 5) is 2.18. The van der Waals surface area contributed by atoms with Crippen molar-refractivity contribution < 1.29 is 8.42 Å². The maximum atomic E-state index is 12.0. The van der Waals surface area contributed by atoms with Gasteiger partial charge in [-0.2, -0.15) is 0 Å². The van der Waals surface area contributed by atoms with Gasteiger partial charge in [-0.05, 0) is 39.9 Å². The molecule has 0 atom stereocenters. The highest BCUT2D eigenvalue weighted by Crippen LogP contribution is 2.33. The molecule has 5 nitrogen and oxygen atoms in total. The number of nitrogens with one attached hydrogen (secondary N) is 2. The number of rotatable bonds is 9. The van der Waals surface area contributed by atoms with Gasteiger partial charge in [0.2, 0.25) is 10.0 Å². The second kappa shape index (κ2) is 7.73. The summed E-state index contributed by atoms with van der Waals surface area (Å²) in [7, 11) is 0.940. The van der Waals surface area contributed by atoms with E-state index < -0.39 is 10.0 Å². The average Bonchev–Trinajstić information content (AvgIpc) is 2.82. The third kappa shape index (κ3) is 5.68. The zero-order valence-electron chi connectivity index (χ0n) is 13.4. The standard InChI is InChI=1S/C14H31N3O2S/c1-13(2)15-10-7-11-20(18,19)16-12-14(17(3)4)8-5-6-9-14/h13,15-16H,5-12H2,1-4H3. The normalized spacial score (nSPS) is 19.1. The number of sulfonamides is 1. The van der Waals surface area contributed by atoms with E-state index in [1.165, 1.54) is 12.8 Å². The van der Waals surface area contributed by atoms with E-state index in [1.54, 1.807) is 0 Å². The van der Waals surface area contributed by atoms with Crippen molar-refractivity contribution in [3.05, 3.63) is 0 Å². The predicted octanol–water partition coefficient (Wildman–Crippen LogP) is 1.17. The lowest BCUT2D eigenvalue weighted by Gasteiger charge is -2.36. The Morgan fingerprint density at radius 2 is 1.80 bits per heavy atom. The molecule has 0 aliphatic heterocycles. The minimum Gasteiger partial charge on any atom is -0.314 e. The van der Waals surface area contributed by atoms with Crippen LogP contribution in [-0.4, -0.2) is 57.8 Å². The van der Waals surface area contributed by atoms with Crippen molar-refractivity contribution in [2.45, 2.75) is 57.5 Å². The molecule has 0 saturated heterocycles. The third-order valence-electron chi connectivity index (χ3n) is 4.25. The van der Waals surface area contributed by atoms with Crippen LogP contribution >= 0.6 is 0 Å². The van der Waals surface area contributed by atoms with Crippen molar-refractivity contribution in [2.75, 3.05) is 32.9 Å². The predicted molar refractivity (Wildman–Crippen MR) is 84.4 cm³/mol. The van der Waals surface area contributed by atoms with Gasteiger partial charge >= 0.3 is 0 Å². The Balaban J connectivity index is 2.38. The fourth-order valence-corrected chi connectivity index (χ4v) is 3.94. The van der Waals surface area contributed by atoms with Crippen molar-refractivity contribution in [1.82, 2.24) is 14.9 Å². The quantitative estimate of drug-likeness (QED) is 0.628. The Labute approximate surface area is 124 Å². The number of hydrogen-bond acceptors (Lipinski definition) is 4. The minimum absolute atomic E-state index is 0.0171. The Hall–Kier alpha value is -0.170. The van der Waals surface area contributed by atoms with Crippen LogP contribution in [-0.2, 0) is 10.0 Å². The highest BCUT2D eigenvalue weighted by atomic mass is 32.2. The summed E-state index contributed by atoms with van der Waals surface area (Å²) in [6, 6.07) is 0.404. The summed E-state index contributed by atoms with van der Waals surface area (Å²) in [6.45, 7) is 5.42. The van der Waals surface area contributed by atoms with Gasteiger partial charge in [0.1, 0.15) is 0 Å².